The normalized spacial score (nSPS) is 20.9. The van der Waals surface area contributed by atoms with Gasteiger partial charge in [0.25, 0.3) is 0 Å². The van der Waals surface area contributed by atoms with Crippen molar-refractivity contribution in [3.05, 3.63) is 18.2 Å². The Morgan fingerprint density at radius 1 is 1.14 bits per heavy atom. The minimum absolute atomic E-state index is 0. The zero-order chi connectivity index (χ0) is 19.4. The number of carbonyl (C=O) groups excluding carboxylic acids is 1. The van der Waals surface area contributed by atoms with Gasteiger partial charge in [-0.25, -0.2) is 8.42 Å². The van der Waals surface area contributed by atoms with E-state index in [1.54, 1.807) is 17.0 Å². The zero-order valence-corrected chi connectivity index (χ0v) is 17.9. The standard InChI is InChI=1S/C18H27N3O5S.ClH/c1-25-15-5-6-16(26-2)17(12-15)27(23,24)21-10-8-20(9-11-21)18(22)14-4-3-7-19-13-14;/h5-6,12,14,19H,3-4,7-11,13H2,1-2H3;1H. The third kappa shape index (κ3) is 4.71. The zero-order valence-electron chi connectivity index (χ0n) is 16.2. The van der Waals surface area contributed by atoms with Gasteiger partial charge in [-0.2, -0.15) is 4.31 Å². The summed E-state index contributed by atoms with van der Waals surface area (Å²) >= 11 is 0. The van der Waals surface area contributed by atoms with Gasteiger partial charge in [0.1, 0.15) is 16.4 Å². The first-order valence-electron chi connectivity index (χ1n) is 9.19. The van der Waals surface area contributed by atoms with Crippen molar-refractivity contribution >= 4 is 28.3 Å². The molecule has 1 atom stereocenters. The third-order valence-electron chi connectivity index (χ3n) is 5.19. The fourth-order valence-electron chi connectivity index (χ4n) is 3.59. The second kappa shape index (κ2) is 9.78. The summed E-state index contributed by atoms with van der Waals surface area (Å²) in [5, 5.41) is 3.25. The van der Waals surface area contributed by atoms with Crippen molar-refractivity contribution in [1.82, 2.24) is 14.5 Å². The molecule has 0 radical (unpaired) electrons. The van der Waals surface area contributed by atoms with Gasteiger partial charge in [-0.15, -0.1) is 12.4 Å². The van der Waals surface area contributed by atoms with E-state index in [4.69, 9.17) is 9.47 Å². The number of nitrogens with one attached hydrogen (secondary N) is 1. The quantitative estimate of drug-likeness (QED) is 0.744. The number of hydrogen-bond donors (Lipinski definition) is 1. The van der Waals surface area contributed by atoms with E-state index in [1.807, 2.05) is 0 Å². The molecule has 1 N–H and O–H groups in total. The number of sulfonamides is 1. The minimum atomic E-state index is -3.73. The lowest BCUT2D eigenvalue weighted by molar-refractivity contribution is -0.137. The van der Waals surface area contributed by atoms with Crippen molar-refractivity contribution in [2.24, 2.45) is 5.92 Å². The summed E-state index contributed by atoms with van der Waals surface area (Å²) in [6.45, 7) is 3.02. The summed E-state index contributed by atoms with van der Waals surface area (Å²) in [5.74, 6) is 0.856. The van der Waals surface area contributed by atoms with Crippen LogP contribution in [0.4, 0.5) is 0 Å². The molecule has 158 valence electrons. The van der Waals surface area contributed by atoms with Crippen LogP contribution in [0.2, 0.25) is 0 Å². The molecule has 1 aromatic carbocycles. The highest BCUT2D eigenvalue weighted by Gasteiger charge is 2.34. The Labute approximate surface area is 172 Å². The summed E-state index contributed by atoms with van der Waals surface area (Å²) < 4.78 is 38.0. The first kappa shape index (κ1) is 22.7. The fourth-order valence-corrected chi connectivity index (χ4v) is 5.19. The molecule has 2 saturated heterocycles. The van der Waals surface area contributed by atoms with Gasteiger partial charge in [-0.3, -0.25) is 4.79 Å². The molecule has 1 aromatic rings. The van der Waals surface area contributed by atoms with Gasteiger partial charge >= 0.3 is 0 Å². The summed E-state index contributed by atoms with van der Waals surface area (Å²) in [4.78, 5) is 14.5. The number of methoxy groups -OCH3 is 2. The molecule has 0 aliphatic carbocycles. The molecule has 0 bridgehead atoms. The second-order valence-electron chi connectivity index (χ2n) is 6.79. The molecule has 2 aliphatic rings. The highest BCUT2D eigenvalue weighted by Crippen LogP contribution is 2.31. The van der Waals surface area contributed by atoms with Gasteiger partial charge in [0, 0.05) is 38.8 Å². The predicted molar refractivity (Wildman–Crippen MR) is 108 cm³/mol. The van der Waals surface area contributed by atoms with E-state index in [-0.39, 0.29) is 48.0 Å². The van der Waals surface area contributed by atoms with Gasteiger partial charge in [0.05, 0.1) is 20.1 Å². The maximum atomic E-state index is 13.1. The molecule has 0 aromatic heterocycles. The first-order valence-corrected chi connectivity index (χ1v) is 10.6. The molecule has 28 heavy (non-hydrogen) atoms. The lowest BCUT2D eigenvalue weighted by Crippen LogP contribution is -2.53. The highest BCUT2D eigenvalue weighted by molar-refractivity contribution is 7.89. The van der Waals surface area contributed by atoms with Crippen molar-refractivity contribution in [3.63, 3.8) is 0 Å². The number of rotatable bonds is 5. The molecular weight excluding hydrogens is 406 g/mol. The van der Waals surface area contributed by atoms with Crippen LogP contribution in [-0.2, 0) is 14.8 Å². The van der Waals surface area contributed by atoms with E-state index in [1.165, 1.54) is 24.6 Å². The van der Waals surface area contributed by atoms with E-state index in [9.17, 15) is 13.2 Å². The number of amides is 1. The maximum absolute atomic E-state index is 13.1. The van der Waals surface area contributed by atoms with E-state index >= 15 is 0 Å². The molecule has 2 heterocycles. The summed E-state index contributed by atoms with van der Waals surface area (Å²) in [5.41, 5.74) is 0. The van der Waals surface area contributed by atoms with Crippen LogP contribution in [0.5, 0.6) is 11.5 Å². The van der Waals surface area contributed by atoms with Crippen LogP contribution in [0.1, 0.15) is 12.8 Å². The molecule has 0 spiro atoms. The van der Waals surface area contributed by atoms with E-state index < -0.39 is 10.0 Å². The van der Waals surface area contributed by atoms with Gasteiger partial charge in [0.2, 0.25) is 15.9 Å². The Bertz CT molecular complexity index is 775. The molecular formula is C18H28ClN3O5S. The van der Waals surface area contributed by atoms with Crippen LogP contribution in [-0.4, -0.2) is 77.0 Å². The molecule has 10 heteroatoms. The topological polar surface area (TPSA) is 88.2 Å². The van der Waals surface area contributed by atoms with Crippen LogP contribution >= 0.6 is 12.4 Å². The minimum Gasteiger partial charge on any atom is -0.497 e. The van der Waals surface area contributed by atoms with Gasteiger partial charge < -0.3 is 19.7 Å². The largest absolute Gasteiger partial charge is 0.497 e. The van der Waals surface area contributed by atoms with Gasteiger partial charge in [0.15, 0.2) is 0 Å². The van der Waals surface area contributed by atoms with Crippen molar-refractivity contribution < 1.29 is 22.7 Å². The van der Waals surface area contributed by atoms with Crippen LogP contribution in [0.25, 0.3) is 0 Å². The Morgan fingerprint density at radius 3 is 2.43 bits per heavy atom. The monoisotopic (exact) mass is 433 g/mol. The van der Waals surface area contributed by atoms with Crippen LogP contribution in [0.3, 0.4) is 0 Å². The SMILES string of the molecule is COc1ccc(OC)c(S(=O)(=O)N2CCN(C(=O)C3CCCNC3)CC2)c1.Cl. The number of ether oxygens (including phenoxy) is 2. The number of benzene rings is 1. The Hall–Kier alpha value is -1.55. The van der Waals surface area contributed by atoms with Crippen LogP contribution in [0.15, 0.2) is 23.1 Å². The molecule has 2 fully saturated rings. The van der Waals surface area contributed by atoms with Crippen molar-refractivity contribution in [1.29, 1.82) is 0 Å². The summed E-state index contributed by atoms with van der Waals surface area (Å²) in [6.07, 6.45) is 1.89. The molecule has 8 nitrogen and oxygen atoms in total. The smallest absolute Gasteiger partial charge is 0.247 e. The van der Waals surface area contributed by atoms with E-state index in [0.717, 1.165) is 19.4 Å². The highest BCUT2D eigenvalue weighted by atomic mass is 35.5. The molecule has 0 saturated carbocycles. The molecule has 1 amide bonds. The van der Waals surface area contributed by atoms with Crippen molar-refractivity contribution in [3.8, 4) is 11.5 Å². The average molecular weight is 434 g/mol. The Morgan fingerprint density at radius 2 is 1.86 bits per heavy atom. The molecule has 1 unspecified atom stereocenters. The van der Waals surface area contributed by atoms with Crippen molar-refractivity contribution in [2.75, 3.05) is 53.5 Å². The lowest BCUT2D eigenvalue weighted by atomic mass is 9.98. The Balaban J connectivity index is 0.00000280. The van der Waals surface area contributed by atoms with E-state index in [2.05, 4.69) is 5.32 Å². The second-order valence-corrected chi connectivity index (χ2v) is 8.70. The van der Waals surface area contributed by atoms with E-state index in [0.29, 0.717) is 25.4 Å². The lowest BCUT2D eigenvalue weighted by Gasteiger charge is -2.36. The van der Waals surface area contributed by atoms with Gasteiger partial charge in [-0.05, 0) is 31.5 Å². The first-order chi connectivity index (χ1) is 13.0. The van der Waals surface area contributed by atoms with Crippen LogP contribution < -0.4 is 14.8 Å². The number of halogens is 1. The molecule has 2 aliphatic heterocycles. The average Bonchev–Trinajstić information content (AvgIpc) is 2.73. The number of hydrogen-bond acceptors (Lipinski definition) is 6. The summed E-state index contributed by atoms with van der Waals surface area (Å²) in [6, 6.07) is 4.72. The van der Waals surface area contributed by atoms with Crippen molar-refractivity contribution in [2.45, 2.75) is 17.7 Å². The number of carbonyl (C=O) groups is 1. The Kier molecular flexibility index (Phi) is 7.94. The fraction of sp³-hybridized carbons (Fsp3) is 0.611. The number of piperazine rings is 1. The van der Waals surface area contributed by atoms with Crippen LogP contribution in [0, 0.1) is 5.92 Å². The third-order valence-corrected chi connectivity index (χ3v) is 7.10. The van der Waals surface area contributed by atoms with Gasteiger partial charge in [-0.1, -0.05) is 0 Å². The predicted octanol–water partition coefficient (Wildman–Crippen LogP) is 0.958. The number of nitrogens with zero attached hydrogens (tertiary/aromatic N) is 2. The number of piperidine rings is 1. The maximum Gasteiger partial charge on any atom is 0.247 e. The molecule has 3 rings (SSSR count). The summed E-state index contributed by atoms with van der Waals surface area (Å²) in [7, 11) is -0.804.